The van der Waals surface area contributed by atoms with Crippen molar-refractivity contribution in [3.63, 3.8) is 0 Å². The number of rotatable bonds is 5. The third-order valence-electron chi connectivity index (χ3n) is 7.39. The summed E-state index contributed by atoms with van der Waals surface area (Å²) in [5, 5.41) is 0. The first-order valence-electron chi connectivity index (χ1n) is 12.5. The average molecular weight is 472 g/mol. The number of amides is 1. The van der Waals surface area contributed by atoms with Gasteiger partial charge < -0.3 is 14.4 Å². The zero-order chi connectivity index (χ0) is 24.4. The second kappa shape index (κ2) is 9.78. The molecule has 6 heteroatoms. The first kappa shape index (κ1) is 23.5. The number of hydrogen-bond acceptors (Lipinski definition) is 5. The summed E-state index contributed by atoms with van der Waals surface area (Å²) in [5.41, 5.74) is 4.74. The first-order valence-corrected chi connectivity index (χ1v) is 12.5. The molecular formula is C29H33N3O3. The number of hydrogen-bond donors (Lipinski definition) is 0. The zero-order valence-corrected chi connectivity index (χ0v) is 20.8. The molecule has 1 atom stereocenters. The monoisotopic (exact) mass is 471 g/mol. The number of likely N-dealkylation sites (tertiary alicyclic amines) is 1. The summed E-state index contributed by atoms with van der Waals surface area (Å²) in [6.45, 7) is 6.16. The number of aromatic nitrogens is 2. The summed E-state index contributed by atoms with van der Waals surface area (Å²) >= 11 is 0. The summed E-state index contributed by atoms with van der Waals surface area (Å²) in [5.74, 6) is 1.62. The van der Waals surface area contributed by atoms with Crippen molar-refractivity contribution in [3.05, 3.63) is 77.1 Å². The van der Waals surface area contributed by atoms with E-state index < -0.39 is 5.41 Å². The van der Waals surface area contributed by atoms with Crippen LogP contribution in [-0.4, -0.2) is 47.6 Å². The van der Waals surface area contributed by atoms with E-state index in [4.69, 9.17) is 14.5 Å². The van der Waals surface area contributed by atoms with Crippen molar-refractivity contribution < 1.29 is 14.3 Å². The Labute approximate surface area is 207 Å². The normalized spacial score (nSPS) is 19.5. The molecule has 0 spiro atoms. The van der Waals surface area contributed by atoms with E-state index in [0.717, 1.165) is 42.0 Å². The lowest BCUT2D eigenvalue weighted by molar-refractivity contribution is -0.142. The summed E-state index contributed by atoms with van der Waals surface area (Å²) in [6, 6.07) is 16.2. The molecule has 0 radical (unpaired) electrons. The van der Waals surface area contributed by atoms with Crippen LogP contribution in [0.4, 0.5) is 0 Å². The second-order valence-electron chi connectivity index (χ2n) is 9.76. The fourth-order valence-corrected chi connectivity index (χ4v) is 5.65. The highest BCUT2D eigenvalue weighted by atomic mass is 16.5. The molecule has 35 heavy (non-hydrogen) atoms. The predicted molar refractivity (Wildman–Crippen MR) is 135 cm³/mol. The van der Waals surface area contributed by atoms with E-state index in [9.17, 15) is 4.79 Å². The van der Waals surface area contributed by atoms with Crippen LogP contribution in [0.3, 0.4) is 0 Å². The van der Waals surface area contributed by atoms with Gasteiger partial charge in [-0.2, -0.15) is 0 Å². The van der Waals surface area contributed by atoms with Crippen molar-refractivity contribution in [3.8, 4) is 17.1 Å². The quantitative estimate of drug-likeness (QED) is 0.513. The average Bonchev–Trinajstić information content (AvgIpc) is 3.38. The van der Waals surface area contributed by atoms with E-state index in [1.807, 2.05) is 30.3 Å². The minimum atomic E-state index is -0.555. The highest BCUT2D eigenvalue weighted by Crippen LogP contribution is 2.42. The van der Waals surface area contributed by atoms with E-state index in [1.165, 1.54) is 11.1 Å². The third-order valence-corrected chi connectivity index (χ3v) is 7.39. The van der Waals surface area contributed by atoms with Gasteiger partial charge in [-0.25, -0.2) is 9.97 Å². The summed E-state index contributed by atoms with van der Waals surface area (Å²) in [4.78, 5) is 25.9. The molecule has 0 bridgehead atoms. The zero-order valence-electron chi connectivity index (χ0n) is 20.8. The lowest BCUT2D eigenvalue weighted by atomic mass is 9.72. The third kappa shape index (κ3) is 4.55. The number of nitrogens with zero attached hydrogens (tertiary/aromatic N) is 3. The molecule has 2 aliphatic heterocycles. The van der Waals surface area contributed by atoms with Crippen LogP contribution in [0.25, 0.3) is 11.4 Å². The number of carbonyl (C=O) groups is 1. The molecule has 3 heterocycles. The van der Waals surface area contributed by atoms with Gasteiger partial charge >= 0.3 is 0 Å². The Balaban J connectivity index is 1.49. The largest absolute Gasteiger partial charge is 0.497 e. The van der Waals surface area contributed by atoms with Crippen LogP contribution in [0.2, 0.25) is 0 Å². The molecule has 0 saturated carbocycles. The number of methoxy groups -OCH3 is 1. The van der Waals surface area contributed by atoms with Crippen LogP contribution >= 0.6 is 0 Å². The molecule has 182 valence electrons. The van der Waals surface area contributed by atoms with Crippen LogP contribution in [0.15, 0.2) is 54.7 Å². The Kier molecular flexibility index (Phi) is 6.56. The van der Waals surface area contributed by atoms with Gasteiger partial charge in [-0.1, -0.05) is 41.5 Å². The van der Waals surface area contributed by atoms with Gasteiger partial charge in [0.1, 0.15) is 5.75 Å². The second-order valence-corrected chi connectivity index (χ2v) is 9.76. The topological polar surface area (TPSA) is 64.5 Å². The molecular weight excluding hydrogens is 438 g/mol. The molecule has 1 aromatic heterocycles. The summed E-state index contributed by atoms with van der Waals surface area (Å²) in [6.07, 6.45) is 5.08. The van der Waals surface area contributed by atoms with Crippen molar-refractivity contribution in [2.45, 2.75) is 51.0 Å². The van der Waals surface area contributed by atoms with Crippen molar-refractivity contribution in [1.82, 2.24) is 14.9 Å². The van der Waals surface area contributed by atoms with E-state index in [2.05, 4.69) is 41.9 Å². The Bertz CT molecular complexity index is 1200. The molecule has 6 nitrogen and oxygen atoms in total. The Morgan fingerprint density at radius 1 is 1.09 bits per heavy atom. The fourth-order valence-electron chi connectivity index (χ4n) is 5.65. The minimum absolute atomic E-state index is 0.0551. The fraction of sp³-hybridized carbons (Fsp3) is 0.414. The SMILES string of the molecule is COc1cccc(-c2nccc([C@@H]3CCCN3C(=O)C3(c4cc(C)cc(C)c4)CCOCC3)n2)c1. The standard InChI is InChI=1S/C29H33N3O3/c1-20-16-21(2)18-23(17-20)29(10-14-35-15-11-29)28(33)32-13-5-8-26(32)25-9-12-30-27(31-25)22-6-4-7-24(19-22)34-3/h4,6-7,9,12,16-19,26H,5,8,10-11,13-15H2,1-3H3/t26-/m0/s1. The van der Waals surface area contributed by atoms with Crippen molar-refractivity contribution in [2.24, 2.45) is 0 Å². The highest BCUT2D eigenvalue weighted by Gasteiger charge is 2.47. The smallest absolute Gasteiger partial charge is 0.233 e. The number of carbonyl (C=O) groups excluding carboxylic acids is 1. The van der Waals surface area contributed by atoms with Gasteiger partial charge in [0.2, 0.25) is 5.91 Å². The Morgan fingerprint density at radius 2 is 1.86 bits per heavy atom. The molecule has 2 aromatic carbocycles. The van der Waals surface area contributed by atoms with E-state index >= 15 is 0 Å². The summed E-state index contributed by atoms with van der Waals surface area (Å²) < 4.78 is 11.1. The van der Waals surface area contributed by atoms with Gasteiger partial charge in [-0.05, 0) is 63.3 Å². The Hall–Kier alpha value is -3.25. The minimum Gasteiger partial charge on any atom is -0.497 e. The maximum absolute atomic E-state index is 14.4. The molecule has 5 rings (SSSR count). The van der Waals surface area contributed by atoms with Crippen LogP contribution in [-0.2, 0) is 14.9 Å². The molecule has 1 amide bonds. The van der Waals surface area contributed by atoms with E-state index in [1.54, 1.807) is 13.3 Å². The number of ether oxygens (including phenoxy) is 2. The van der Waals surface area contributed by atoms with Gasteiger partial charge in [0.05, 0.1) is 24.3 Å². The lowest BCUT2D eigenvalue weighted by Crippen LogP contribution is -2.49. The predicted octanol–water partition coefficient (Wildman–Crippen LogP) is 5.18. The van der Waals surface area contributed by atoms with Crippen molar-refractivity contribution in [1.29, 1.82) is 0 Å². The van der Waals surface area contributed by atoms with Gasteiger partial charge in [-0.3, -0.25) is 4.79 Å². The molecule has 0 aliphatic carbocycles. The molecule has 2 aliphatic rings. The van der Waals surface area contributed by atoms with Gasteiger partial charge in [0.25, 0.3) is 0 Å². The maximum Gasteiger partial charge on any atom is 0.233 e. The summed E-state index contributed by atoms with van der Waals surface area (Å²) in [7, 11) is 1.65. The molecule has 0 N–H and O–H groups in total. The maximum atomic E-state index is 14.4. The Morgan fingerprint density at radius 3 is 2.60 bits per heavy atom. The van der Waals surface area contributed by atoms with E-state index in [0.29, 0.717) is 31.9 Å². The molecule has 2 fully saturated rings. The van der Waals surface area contributed by atoms with E-state index in [-0.39, 0.29) is 11.9 Å². The van der Waals surface area contributed by atoms with Crippen LogP contribution in [0, 0.1) is 13.8 Å². The number of benzene rings is 2. The first-order chi connectivity index (χ1) is 17.0. The molecule has 2 saturated heterocycles. The van der Waals surface area contributed by atoms with Crippen LogP contribution in [0.5, 0.6) is 5.75 Å². The van der Waals surface area contributed by atoms with Crippen LogP contribution < -0.4 is 4.74 Å². The lowest BCUT2D eigenvalue weighted by Gasteiger charge is -2.41. The molecule has 3 aromatic rings. The number of aryl methyl sites for hydroxylation is 2. The van der Waals surface area contributed by atoms with Gasteiger partial charge in [-0.15, -0.1) is 0 Å². The molecule has 0 unspecified atom stereocenters. The van der Waals surface area contributed by atoms with Gasteiger partial charge in [0.15, 0.2) is 5.82 Å². The van der Waals surface area contributed by atoms with Crippen LogP contribution in [0.1, 0.15) is 54.1 Å². The highest BCUT2D eigenvalue weighted by molar-refractivity contribution is 5.89. The van der Waals surface area contributed by atoms with Gasteiger partial charge in [0, 0.05) is 31.5 Å². The van der Waals surface area contributed by atoms with Crippen molar-refractivity contribution >= 4 is 5.91 Å². The van der Waals surface area contributed by atoms with Crippen molar-refractivity contribution in [2.75, 3.05) is 26.9 Å².